The van der Waals surface area contributed by atoms with Crippen molar-refractivity contribution >= 4 is 39.2 Å². The molecular formula is C15H21Cl2N5O2S. The number of sulfonamides is 1. The van der Waals surface area contributed by atoms with Gasteiger partial charge in [0.1, 0.15) is 5.82 Å². The van der Waals surface area contributed by atoms with Crippen LogP contribution >= 0.6 is 23.2 Å². The van der Waals surface area contributed by atoms with Gasteiger partial charge < -0.3 is 4.90 Å². The number of halogens is 2. The SMILES string of the molecule is CCN(CC)CCS(=O)(=O)Nc1nc(C)n(-c2ccc(Cl)c(Cl)c2)n1. The molecule has 0 aliphatic rings. The summed E-state index contributed by atoms with van der Waals surface area (Å²) in [6.07, 6.45) is 0. The van der Waals surface area contributed by atoms with Gasteiger partial charge >= 0.3 is 0 Å². The van der Waals surface area contributed by atoms with Gasteiger partial charge in [-0.3, -0.25) is 0 Å². The molecule has 25 heavy (non-hydrogen) atoms. The van der Waals surface area contributed by atoms with Crippen molar-refractivity contribution in [1.29, 1.82) is 0 Å². The van der Waals surface area contributed by atoms with Crippen LogP contribution in [0, 0.1) is 6.92 Å². The fourth-order valence-electron chi connectivity index (χ4n) is 2.27. The summed E-state index contributed by atoms with van der Waals surface area (Å²) in [6.45, 7) is 7.77. The molecule has 0 aliphatic heterocycles. The van der Waals surface area contributed by atoms with Crippen LogP contribution in [0.1, 0.15) is 19.7 Å². The van der Waals surface area contributed by atoms with Gasteiger partial charge in [-0.05, 0) is 38.2 Å². The number of hydrogen-bond donors (Lipinski definition) is 1. The second-order valence-electron chi connectivity index (χ2n) is 5.44. The van der Waals surface area contributed by atoms with Crippen LogP contribution in [0.3, 0.4) is 0 Å². The van der Waals surface area contributed by atoms with Crippen molar-refractivity contribution in [3.8, 4) is 5.69 Å². The Bertz CT molecular complexity index is 834. The topological polar surface area (TPSA) is 80.1 Å². The monoisotopic (exact) mass is 405 g/mol. The molecule has 1 aromatic heterocycles. The van der Waals surface area contributed by atoms with E-state index < -0.39 is 10.0 Å². The lowest BCUT2D eigenvalue weighted by Gasteiger charge is -2.17. The summed E-state index contributed by atoms with van der Waals surface area (Å²) in [7, 11) is -3.53. The maximum absolute atomic E-state index is 12.2. The Morgan fingerprint density at radius 1 is 1.20 bits per heavy atom. The van der Waals surface area contributed by atoms with Crippen LogP contribution in [-0.2, 0) is 10.0 Å². The van der Waals surface area contributed by atoms with E-state index >= 15 is 0 Å². The number of anilines is 1. The zero-order valence-corrected chi connectivity index (χ0v) is 16.7. The third kappa shape index (κ3) is 5.31. The minimum absolute atomic E-state index is 0.0188. The molecule has 138 valence electrons. The van der Waals surface area contributed by atoms with Gasteiger partial charge in [0.25, 0.3) is 5.95 Å². The predicted octanol–water partition coefficient (Wildman–Crippen LogP) is 2.97. The number of nitrogens with zero attached hydrogens (tertiary/aromatic N) is 4. The van der Waals surface area contributed by atoms with Crippen LogP contribution in [0.5, 0.6) is 0 Å². The van der Waals surface area contributed by atoms with E-state index in [1.54, 1.807) is 25.1 Å². The molecule has 0 radical (unpaired) electrons. The summed E-state index contributed by atoms with van der Waals surface area (Å²) >= 11 is 11.9. The first-order valence-electron chi connectivity index (χ1n) is 7.87. The molecule has 1 heterocycles. The summed E-state index contributed by atoms with van der Waals surface area (Å²) in [6, 6.07) is 5.02. The Morgan fingerprint density at radius 2 is 1.88 bits per heavy atom. The van der Waals surface area contributed by atoms with Crippen LogP contribution in [0.25, 0.3) is 5.69 Å². The third-order valence-electron chi connectivity index (χ3n) is 3.73. The molecule has 0 unspecified atom stereocenters. The molecule has 0 spiro atoms. The van der Waals surface area contributed by atoms with E-state index in [2.05, 4.69) is 14.8 Å². The van der Waals surface area contributed by atoms with Gasteiger partial charge in [-0.25, -0.2) is 17.8 Å². The highest BCUT2D eigenvalue weighted by Crippen LogP contribution is 2.25. The van der Waals surface area contributed by atoms with Crippen LogP contribution < -0.4 is 4.72 Å². The standard InChI is InChI=1S/C15H21Cl2N5O2S/c1-4-21(5-2)8-9-25(23,24)20-15-18-11(3)22(19-15)12-6-7-13(16)14(17)10-12/h6-7,10H,4-5,8-9H2,1-3H3,(H,19,20). The van der Waals surface area contributed by atoms with Gasteiger partial charge in [0, 0.05) is 6.54 Å². The first-order chi connectivity index (χ1) is 11.8. The molecule has 1 N–H and O–H groups in total. The number of hydrogen-bond acceptors (Lipinski definition) is 5. The number of nitrogens with one attached hydrogen (secondary N) is 1. The fourth-order valence-corrected chi connectivity index (χ4v) is 3.53. The molecular weight excluding hydrogens is 385 g/mol. The highest BCUT2D eigenvalue weighted by Gasteiger charge is 2.17. The van der Waals surface area contributed by atoms with Crippen LogP contribution in [0.4, 0.5) is 5.95 Å². The van der Waals surface area contributed by atoms with Crippen LogP contribution in [-0.4, -0.2) is 53.5 Å². The van der Waals surface area contributed by atoms with Crippen molar-refractivity contribution in [2.45, 2.75) is 20.8 Å². The smallest absolute Gasteiger partial charge is 0.256 e. The number of rotatable bonds is 8. The number of aryl methyl sites for hydroxylation is 1. The molecule has 0 saturated heterocycles. The fraction of sp³-hybridized carbons (Fsp3) is 0.467. The van der Waals surface area contributed by atoms with Crippen molar-refractivity contribution < 1.29 is 8.42 Å². The van der Waals surface area contributed by atoms with Crippen molar-refractivity contribution in [2.75, 3.05) is 30.1 Å². The normalized spacial score (nSPS) is 11.9. The number of benzene rings is 1. The second kappa shape index (κ2) is 8.35. The van der Waals surface area contributed by atoms with E-state index in [4.69, 9.17) is 23.2 Å². The molecule has 10 heteroatoms. The lowest BCUT2D eigenvalue weighted by atomic mass is 10.3. The minimum atomic E-state index is -3.53. The van der Waals surface area contributed by atoms with Gasteiger partial charge in [0.05, 0.1) is 21.5 Å². The van der Waals surface area contributed by atoms with Gasteiger partial charge in [-0.2, -0.15) is 4.98 Å². The lowest BCUT2D eigenvalue weighted by Crippen LogP contribution is -2.31. The summed E-state index contributed by atoms with van der Waals surface area (Å²) < 4.78 is 28.4. The highest BCUT2D eigenvalue weighted by atomic mass is 35.5. The highest BCUT2D eigenvalue weighted by molar-refractivity contribution is 7.92. The molecule has 1 aromatic carbocycles. The average molecular weight is 406 g/mol. The summed E-state index contributed by atoms with van der Waals surface area (Å²) in [4.78, 5) is 6.20. The van der Waals surface area contributed by atoms with Gasteiger partial charge in [-0.1, -0.05) is 37.0 Å². The maximum atomic E-state index is 12.2. The van der Waals surface area contributed by atoms with Crippen LogP contribution in [0.15, 0.2) is 18.2 Å². The van der Waals surface area contributed by atoms with E-state index in [0.717, 1.165) is 13.1 Å². The lowest BCUT2D eigenvalue weighted by molar-refractivity contribution is 0.322. The first-order valence-corrected chi connectivity index (χ1v) is 10.3. The molecule has 0 bridgehead atoms. The third-order valence-corrected chi connectivity index (χ3v) is 5.69. The second-order valence-corrected chi connectivity index (χ2v) is 8.10. The molecule has 0 aliphatic carbocycles. The Morgan fingerprint density at radius 3 is 2.48 bits per heavy atom. The molecule has 0 fully saturated rings. The van der Waals surface area contributed by atoms with E-state index in [-0.39, 0.29) is 11.7 Å². The van der Waals surface area contributed by atoms with E-state index in [0.29, 0.717) is 28.1 Å². The molecule has 7 nitrogen and oxygen atoms in total. The van der Waals surface area contributed by atoms with E-state index in [1.165, 1.54) is 4.68 Å². The molecule has 0 atom stereocenters. The Hall–Kier alpha value is -1.35. The van der Waals surface area contributed by atoms with Gasteiger partial charge in [-0.15, -0.1) is 5.10 Å². The number of aromatic nitrogens is 3. The van der Waals surface area contributed by atoms with Gasteiger partial charge in [0.15, 0.2) is 0 Å². The summed E-state index contributed by atoms with van der Waals surface area (Å²) in [5.74, 6) is 0.539. The van der Waals surface area contributed by atoms with Crippen molar-refractivity contribution in [2.24, 2.45) is 0 Å². The molecule has 0 saturated carbocycles. The zero-order valence-electron chi connectivity index (χ0n) is 14.3. The van der Waals surface area contributed by atoms with E-state index in [1.807, 2.05) is 18.7 Å². The first kappa shape index (κ1) is 20.0. The van der Waals surface area contributed by atoms with Crippen LogP contribution in [0.2, 0.25) is 10.0 Å². The van der Waals surface area contributed by atoms with Crippen molar-refractivity contribution in [1.82, 2.24) is 19.7 Å². The minimum Gasteiger partial charge on any atom is -0.303 e. The largest absolute Gasteiger partial charge is 0.303 e. The summed E-state index contributed by atoms with van der Waals surface area (Å²) in [5.41, 5.74) is 0.646. The Balaban J connectivity index is 2.15. The maximum Gasteiger partial charge on any atom is 0.256 e. The zero-order chi connectivity index (χ0) is 18.6. The molecule has 0 amide bonds. The predicted molar refractivity (Wildman–Crippen MR) is 101 cm³/mol. The van der Waals surface area contributed by atoms with E-state index in [9.17, 15) is 8.42 Å². The van der Waals surface area contributed by atoms with Gasteiger partial charge in [0.2, 0.25) is 10.0 Å². The van der Waals surface area contributed by atoms with Crippen molar-refractivity contribution in [3.05, 3.63) is 34.1 Å². The average Bonchev–Trinajstić information content (AvgIpc) is 2.90. The Kier molecular flexibility index (Phi) is 6.67. The quantitative estimate of drug-likeness (QED) is 0.729. The van der Waals surface area contributed by atoms with Crippen molar-refractivity contribution in [3.63, 3.8) is 0 Å². The molecule has 2 rings (SSSR count). The Labute approximate surface area is 158 Å². The summed E-state index contributed by atoms with van der Waals surface area (Å²) in [5, 5.41) is 5.02. The molecule has 2 aromatic rings.